The molecule has 18 heavy (non-hydrogen) atoms. The summed E-state index contributed by atoms with van der Waals surface area (Å²) >= 11 is 0. The lowest BCUT2D eigenvalue weighted by Gasteiger charge is -2.14. The molecule has 3 nitrogen and oxygen atoms in total. The molecule has 1 saturated carbocycles. The smallest absolute Gasteiger partial charge is 0.220 e. The molecular formula is C15H21NO2. The van der Waals surface area contributed by atoms with E-state index in [9.17, 15) is 9.90 Å². The van der Waals surface area contributed by atoms with Gasteiger partial charge in [-0.05, 0) is 30.4 Å². The lowest BCUT2D eigenvalue weighted by atomic mass is 10.0. The summed E-state index contributed by atoms with van der Waals surface area (Å²) in [6.45, 7) is 2.27. The Labute approximate surface area is 108 Å². The maximum atomic E-state index is 11.6. The minimum atomic E-state index is -0.615. The van der Waals surface area contributed by atoms with Gasteiger partial charge in [0.2, 0.25) is 5.91 Å². The van der Waals surface area contributed by atoms with E-state index < -0.39 is 6.10 Å². The highest BCUT2D eigenvalue weighted by molar-refractivity contribution is 5.75. The van der Waals surface area contributed by atoms with E-state index in [1.807, 2.05) is 31.2 Å². The lowest BCUT2D eigenvalue weighted by molar-refractivity contribution is -0.121. The van der Waals surface area contributed by atoms with Crippen LogP contribution in [0, 0.1) is 12.8 Å². The van der Waals surface area contributed by atoms with E-state index in [1.54, 1.807) is 0 Å². The van der Waals surface area contributed by atoms with Crippen LogP contribution in [0.2, 0.25) is 0 Å². The minimum absolute atomic E-state index is 0.0505. The molecule has 98 valence electrons. The summed E-state index contributed by atoms with van der Waals surface area (Å²) in [6, 6.07) is 7.71. The molecule has 1 amide bonds. The highest BCUT2D eigenvalue weighted by Gasteiger charge is 2.22. The number of rotatable bonds is 6. The Hall–Kier alpha value is -1.35. The van der Waals surface area contributed by atoms with Crippen molar-refractivity contribution in [3.05, 3.63) is 35.4 Å². The molecule has 1 fully saturated rings. The number of hydrogen-bond donors (Lipinski definition) is 2. The van der Waals surface area contributed by atoms with Gasteiger partial charge in [0.1, 0.15) is 0 Å². The Balaban J connectivity index is 1.75. The number of carbonyl (C=O) groups excluding carboxylic acids is 1. The van der Waals surface area contributed by atoms with Crippen LogP contribution in [0.4, 0.5) is 0 Å². The molecule has 0 heterocycles. The van der Waals surface area contributed by atoms with Crippen molar-refractivity contribution in [2.45, 2.75) is 38.7 Å². The van der Waals surface area contributed by atoms with Gasteiger partial charge in [-0.25, -0.2) is 0 Å². The number of aliphatic hydroxyl groups excluding tert-OH is 1. The highest BCUT2D eigenvalue weighted by Crippen LogP contribution is 2.33. The van der Waals surface area contributed by atoms with Gasteiger partial charge in [0.05, 0.1) is 6.10 Å². The Morgan fingerprint density at radius 1 is 1.44 bits per heavy atom. The molecule has 1 aliphatic rings. The molecule has 1 aromatic carbocycles. The van der Waals surface area contributed by atoms with Gasteiger partial charge in [0.15, 0.2) is 0 Å². The van der Waals surface area contributed by atoms with Gasteiger partial charge in [0.25, 0.3) is 0 Å². The van der Waals surface area contributed by atoms with Crippen molar-refractivity contribution < 1.29 is 9.90 Å². The molecular weight excluding hydrogens is 226 g/mol. The first-order chi connectivity index (χ1) is 8.66. The van der Waals surface area contributed by atoms with Gasteiger partial charge in [-0.2, -0.15) is 0 Å². The summed E-state index contributed by atoms with van der Waals surface area (Å²) in [7, 11) is 0. The molecule has 0 saturated heterocycles. The fourth-order valence-corrected chi connectivity index (χ4v) is 2.11. The number of aryl methyl sites for hydroxylation is 1. The van der Waals surface area contributed by atoms with E-state index in [1.165, 1.54) is 12.8 Å². The van der Waals surface area contributed by atoms with Crippen LogP contribution >= 0.6 is 0 Å². The van der Waals surface area contributed by atoms with Crippen LogP contribution in [-0.4, -0.2) is 17.6 Å². The van der Waals surface area contributed by atoms with Crippen molar-refractivity contribution in [3.8, 4) is 0 Å². The van der Waals surface area contributed by atoms with E-state index in [0.29, 0.717) is 13.0 Å². The number of amides is 1. The maximum Gasteiger partial charge on any atom is 0.220 e. The number of benzene rings is 1. The van der Waals surface area contributed by atoms with Crippen LogP contribution in [-0.2, 0) is 4.79 Å². The summed E-state index contributed by atoms with van der Waals surface area (Å²) in [5.41, 5.74) is 1.94. The van der Waals surface area contributed by atoms with Crippen molar-refractivity contribution >= 4 is 5.91 Å². The van der Waals surface area contributed by atoms with Crippen molar-refractivity contribution in [2.75, 3.05) is 6.54 Å². The van der Waals surface area contributed by atoms with E-state index in [2.05, 4.69) is 5.32 Å². The van der Waals surface area contributed by atoms with E-state index in [0.717, 1.165) is 23.5 Å². The van der Waals surface area contributed by atoms with Crippen LogP contribution < -0.4 is 5.32 Å². The number of carbonyl (C=O) groups is 1. The molecule has 0 aromatic heterocycles. The van der Waals surface area contributed by atoms with Crippen molar-refractivity contribution in [3.63, 3.8) is 0 Å². The molecule has 1 unspecified atom stereocenters. The predicted octanol–water partition coefficient (Wildman–Crippen LogP) is 2.33. The van der Waals surface area contributed by atoms with Crippen LogP contribution in [0.3, 0.4) is 0 Å². The van der Waals surface area contributed by atoms with Crippen molar-refractivity contribution in [2.24, 2.45) is 5.92 Å². The van der Waals surface area contributed by atoms with Crippen LogP contribution in [0.15, 0.2) is 24.3 Å². The zero-order valence-electron chi connectivity index (χ0n) is 10.9. The van der Waals surface area contributed by atoms with Gasteiger partial charge in [0, 0.05) is 13.0 Å². The second-order valence-corrected chi connectivity index (χ2v) is 5.16. The topological polar surface area (TPSA) is 49.3 Å². The zero-order valence-corrected chi connectivity index (χ0v) is 10.9. The molecule has 0 radical (unpaired) electrons. The second kappa shape index (κ2) is 6.01. The molecule has 1 aromatic rings. The van der Waals surface area contributed by atoms with E-state index >= 15 is 0 Å². The number of hydrogen-bond acceptors (Lipinski definition) is 2. The van der Waals surface area contributed by atoms with Crippen molar-refractivity contribution in [1.29, 1.82) is 0 Å². The molecule has 0 spiro atoms. The molecule has 1 atom stereocenters. The van der Waals surface area contributed by atoms with Gasteiger partial charge < -0.3 is 10.4 Å². The Kier molecular flexibility index (Phi) is 4.37. The Morgan fingerprint density at radius 3 is 2.83 bits per heavy atom. The maximum absolute atomic E-state index is 11.6. The van der Waals surface area contributed by atoms with Crippen LogP contribution in [0.5, 0.6) is 0 Å². The second-order valence-electron chi connectivity index (χ2n) is 5.16. The lowest BCUT2D eigenvalue weighted by Crippen LogP contribution is -2.28. The SMILES string of the molecule is Cc1ccccc1C(O)CNC(=O)CCC1CC1. The Morgan fingerprint density at radius 2 is 2.17 bits per heavy atom. The van der Waals surface area contributed by atoms with Gasteiger partial charge >= 0.3 is 0 Å². The first-order valence-corrected chi connectivity index (χ1v) is 6.67. The fourth-order valence-electron chi connectivity index (χ4n) is 2.11. The first-order valence-electron chi connectivity index (χ1n) is 6.67. The van der Waals surface area contributed by atoms with Crippen molar-refractivity contribution in [1.82, 2.24) is 5.32 Å². The quantitative estimate of drug-likeness (QED) is 0.810. The summed E-state index contributed by atoms with van der Waals surface area (Å²) in [5.74, 6) is 0.826. The fraction of sp³-hybridized carbons (Fsp3) is 0.533. The zero-order chi connectivity index (χ0) is 13.0. The molecule has 2 rings (SSSR count). The minimum Gasteiger partial charge on any atom is -0.387 e. The van der Waals surface area contributed by atoms with Gasteiger partial charge in [-0.3, -0.25) is 4.79 Å². The summed E-state index contributed by atoms with van der Waals surface area (Å²) in [5, 5.41) is 12.8. The standard InChI is InChI=1S/C15H21NO2/c1-11-4-2-3-5-13(11)14(17)10-16-15(18)9-8-12-6-7-12/h2-5,12,14,17H,6-10H2,1H3,(H,16,18). The summed E-state index contributed by atoms with van der Waals surface area (Å²) in [4.78, 5) is 11.6. The highest BCUT2D eigenvalue weighted by atomic mass is 16.3. The predicted molar refractivity (Wildman–Crippen MR) is 71.1 cm³/mol. The normalized spacial score (nSPS) is 16.3. The summed E-state index contributed by atoms with van der Waals surface area (Å²) < 4.78 is 0. The first kappa shape index (κ1) is 13.1. The average molecular weight is 247 g/mol. The Bertz CT molecular complexity index is 413. The largest absolute Gasteiger partial charge is 0.387 e. The van der Waals surface area contributed by atoms with E-state index in [-0.39, 0.29) is 5.91 Å². The van der Waals surface area contributed by atoms with Crippen LogP contribution in [0.1, 0.15) is 42.9 Å². The van der Waals surface area contributed by atoms with Gasteiger partial charge in [-0.15, -0.1) is 0 Å². The molecule has 2 N–H and O–H groups in total. The molecule has 1 aliphatic carbocycles. The monoisotopic (exact) mass is 247 g/mol. The average Bonchev–Trinajstić information content (AvgIpc) is 3.18. The van der Waals surface area contributed by atoms with E-state index in [4.69, 9.17) is 0 Å². The number of aliphatic hydroxyl groups is 1. The molecule has 0 bridgehead atoms. The third kappa shape index (κ3) is 3.84. The number of nitrogens with one attached hydrogen (secondary N) is 1. The molecule has 3 heteroatoms. The van der Waals surface area contributed by atoms with Gasteiger partial charge in [-0.1, -0.05) is 37.1 Å². The molecule has 0 aliphatic heterocycles. The third-order valence-electron chi connectivity index (χ3n) is 3.52. The summed E-state index contributed by atoms with van der Waals surface area (Å²) in [6.07, 6.45) is 3.52. The van der Waals surface area contributed by atoms with Crippen LogP contribution in [0.25, 0.3) is 0 Å². The third-order valence-corrected chi connectivity index (χ3v) is 3.52.